The number of benzene rings is 2. The Morgan fingerprint density at radius 2 is 1.84 bits per heavy atom. The van der Waals surface area contributed by atoms with Crippen LogP contribution in [0.4, 0.5) is 5.69 Å². The highest BCUT2D eigenvalue weighted by Gasteiger charge is 2.25. The van der Waals surface area contributed by atoms with Crippen molar-refractivity contribution in [2.24, 2.45) is 4.99 Å². The number of ether oxygens (including phenoxy) is 1. The van der Waals surface area contributed by atoms with Crippen LogP contribution in [0.3, 0.4) is 0 Å². The van der Waals surface area contributed by atoms with Crippen molar-refractivity contribution in [3.05, 3.63) is 59.7 Å². The van der Waals surface area contributed by atoms with E-state index in [1.807, 2.05) is 48.5 Å². The number of carbonyl (C=O) groups is 1. The maximum absolute atomic E-state index is 11.8. The molecule has 0 bridgehead atoms. The fraction of sp³-hybridized carbons (Fsp3) is 0.0667. The summed E-state index contributed by atoms with van der Waals surface area (Å²) in [4.78, 5) is 16.4. The molecule has 3 rings (SSSR count). The fourth-order valence-corrected chi connectivity index (χ4v) is 2.83. The maximum Gasteiger partial charge on any atom is 0.226 e. The second-order valence-electron chi connectivity index (χ2n) is 4.05. The van der Waals surface area contributed by atoms with Gasteiger partial charge in [-0.2, -0.15) is 0 Å². The molecule has 0 amide bonds. The molecule has 0 spiro atoms. The molecule has 0 saturated heterocycles. The molecule has 0 fully saturated rings. The van der Waals surface area contributed by atoms with Gasteiger partial charge in [0.1, 0.15) is 10.8 Å². The Morgan fingerprint density at radius 1 is 1.05 bits per heavy atom. The third kappa shape index (κ3) is 2.27. The zero-order valence-electron chi connectivity index (χ0n) is 10.3. The van der Waals surface area contributed by atoms with Gasteiger partial charge in [-0.1, -0.05) is 24.3 Å². The number of carbonyl (C=O) groups excluding carboxylic acids is 1. The van der Waals surface area contributed by atoms with Gasteiger partial charge in [-0.05, 0) is 30.0 Å². The molecule has 2 aromatic rings. The molecule has 0 saturated carbocycles. The smallest absolute Gasteiger partial charge is 0.226 e. The van der Waals surface area contributed by atoms with E-state index < -0.39 is 0 Å². The van der Waals surface area contributed by atoms with Crippen molar-refractivity contribution >= 4 is 27.6 Å². The summed E-state index contributed by atoms with van der Waals surface area (Å²) in [6.07, 6.45) is 0. The predicted octanol–water partition coefficient (Wildman–Crippen LogP) is 3.66. The van der Waals surface area contributed by atoms with E-state index in [9.17, 15) is 4.79 Å². The standard InChI is InChI=1S/C15H11NO2S/c1-18-11-6-4-5-10(9-11)16-14-12-7-2-3-8-13(12)15(17)19-14/h2-9H,1H3. The Bertz CT molecular complexity index is 679. The molecule has 1 aliphatic rings. The lowest BCUT2D eigenvalue weighted by Crippen LogP contribution is -1.90. The summed E-state index contributed by atoms with van der Waals surface area (Å²) in [6.45, 7) is 0. The number of methoxy groups -OCH3 is 1. The van der Waals surface area contributed by atoms with E-state index in [1.165, 1.54) is 11.8 Å². The number of hydrogen-bond donors (Lipinski definition) is 0. The maximum atomic E-state index is 11.8. The van der Waals surface area contributed by atoms with Gasteiger partial charge in [0.25, 0.3) is 0 Å². The molecule has 0 aliphatic carbocycles. The van der Waals surface area contributed by atoms with Crippen LogP contribution in [0, 0.1) is 0 Å². The normalized spacial score (nSPS) is 15.6. The van der Waals surface area contributed by atoms with E-state index in [0.29, 0.717) is 0 Å². The molecule has 0 N–H and O–H groups in total. The Morgan fingerprint density at radius 3 is 2.63 bits per heavy atom. The van der Waals surface area contributed by atoms with E-state index >= 15 is 0 Å². The molecule has 2 aromatic carbocycles. The van der Waals surface area contributed by atoms with Gasteiger partial charge >= 0.3 is 0 Å². The van der Waals surface area contributed by atoms with Crippen LogP contribution in [0.2, 0.25) is 0 Å². The number of nitrogens with zero attached hydrogens (tertiary/aromatic N) is 1. The summed E-state index contributed by atoms with van der Waals surface area (Å²) in [7, 11) is 1.62. The summed E-state index contributed by atoms with van der Waals surface area (Å²) >= 11 is 1.17. The molecular weight excluding hydrogens is 258 g/mol. The lowest BCUT2D eigenvalue weighted by atomic mass is 10.1. The Kier molecular flexibility index (Phi) is 3.09. The summed E-state index contributed by atoms with van der Waals surface area (Å²) in [5.41, 5.74) is 2.42. The van der Waals surface area contributed by atoms with Gasteiger partial charge in [0.05, 0.1) is 12.8 Å². The first-order valence-corrected chi connectivity index (χ1v) is 6.64. The molecule has 19 heavy (non-hydrogen) atoms. The summed E-state index contributed by atoms with van der Waals surface area (Å²) in [5.74, 6) is 0.754. The van der Waals surface area contributed by atoms with Crippen LogP contribution in [-0.4, -0.2) is 17.3 Å². The van der Waals surface area contributed by atoms with Gasteiger partial charge in [-0.3, -0.25) is 4.79 Å². The monoisotopic (exact) mass is 269 g/mol. The highest BCUT2D eigenvalue weighted by Crippen LogP contribution is 2.32. The zero-order chi connectivity index (χ0) is 13.2. The third-order valence-electron chi connectivity index (χ3n) is 2.85. The van der Waals surface area contributed by atoms with E-state index in [0.717, 1.165) is 27.6 Å². The second kappa shape index (κ2) is 4.90. The molecule has 3 nitrogen and oxygen atoms in total. The van der Waals surface area contributed by atoms with Crippen molar-refractivity contribution in [3.63, 3.8) is 0 Å². The first-order chi connectivity index (χ1) is 9.28. The highest BCUT2D eigenvalue weighted by atomic mass is 32.2. The van der Waals surface area contributed by atoms with Gasteiger partial charge < -0.3 is 4.74 Å². The third-order valence-corrected chi connectivity index (χ3v) is 3.76. The quantitative estimate of drug-likeness (QED) is 0.835. The average molecular weight is 269 g/mol. The van der Waals surface area contributed by atoms with Crippen LogP contribution < -0.4 is 4.74 Å². The topological polar surface area (TPSA) is 38.7 Å². The van der Waals surface area contributed by atoms with Gasteiger partial charge in [0.2, 0.25) is 5.12 Å². The van der Waals surface area contributed by atoms with Crippen LogP contribution in [0.25, 0.3) is 0 Å². The Labute approximate surface area is 115 Å². The lowest BCUT2D eigenvalue weighted by Gasteiger charge is -2.01. The lowest BCUT2D eigenvalue weighted by molar-refractivity contribution is 0.109. The van der Waals surface area contributed by atoms with Gasteiger partial charge in [0.15, 0.2) is 0 Å². The highest BCUT2D eigenvalue weighted by molar-refractivity contribution is 8.27. The van der Waals surface area contributed by atoms with Crippen LogP contribution in [0.15, 0.2) is 53.5 Å². The molecule has 0 unspecified atom stereocenters. The van der Waals surface area contributed by atoms with Gasteiger partial charge in [-0.25, -0.2) is 4.99 Å². The molecule has 1 aliphatic heterocycles. The van der Waals surface area contributed by atoms with Crippen molar-refractivity contribution in [2.75, 3.05) is 7.11 Å². The van der Waals surface area contributed by atoms with E-state index in [4.69, 9.17) is 4.74 Å². The first kappa shape index (κ1) is 12.0. The van der Waals surface area contributed by atoms with E-state index in [-0.39, 0.29) is 5.12 Å². The van der Waals surface area contributed by atoms with Crippen molar-refractivity contribution < 1.29 is 9.53 Å². The van der Waals surface area contributed by atoms with Gasteiger partial charge in [-0.15, -0.1) is 0 Å². The molecule has 1 heterocycles. The zero-order valence-corrected chi connectivity index (χ0v) is 11.1. The van der Waals surface area contributed by atoms with Crippen molar-refractivity contribution in [3.8, 4) is 5.75 Å². The summed E-state index contributed by atoms with van der Waals surface area (Å²) in [5, 5.41) is 0.797. The Hall–Kier alpha value is -2.07. The SMILES string of the molecule is COc1cccc(N=C2SC(=O)c3ccccc32)c1. The summed E-state index contributed by atoms with van der Waals surface area (Å²) in [6, 6.07) is 15.0. The van der Waals surface area contributed by atoms with Crippen molar-refractivity contribution in [2.45, 2.75) is 0 Å². The average Bonchev–Trinajstić information content (AvgIpc) is 2.76. The van der Waals surface area contributed by atoms with Crippen LogP contribution in [-0.2, 0) is 0 Å². The molecular formula is C15H11NO2S. The largest absolute Gasteiger partial charge is 0.497 e. The van der Waals surface area contributed by atoms with Crippen molar-refractivity contribution in [1.29, 1.82) is 0 Å². The number of hydrogen-bond acceptors (Lipinski definition) is 4. The molecule has 0 radical (unpaired) electrons. The molecule has 0 aromatic heterocycles. The Balaban J connectivity index is 2.03. The van der Waals surface area contributed by atoms with Crippen LogP contribution in [0.5, 0.6) is 5.75 Å². The minimum absolute atomic E-state index is 0.0530. The second-order valence-corrected chi connectivity index (χ2v) is 5.02. The predicted molar refractivity (Wildman–Crippen MR) is 77.6 cm³/mol. The number of aliphatic imine (C=N–C) groups is 1. The minimum atomic E-state index is 0.0530. The fourth-order valence-electron chi connectivity index (χ4n) is 1.93. The minimum Gasteiger partial charge on any atom is -0.497 e. The molecule has 94 valence electrons. The first-order valence-electron chi connectivity index (χ1n) is 5.82. The molecule has 4 heteroatoms. The van der Waals surface area contributed by atoms with E-state index in [2.05, 4.69) is 4.99 Å². The van der Waals surface area contributed by atoms with Crippen LogP contribution >= 0.6 is 11.8 Å². The summed E-state index contributed by atoms with van der Waals surface area (Å²) < 4.78 is 5.17. The number of thioether (sulfide) groups is 1. The van der Waals surface area contributed by atoms with Crippen LogP contribution in [0.1, 0.15) is 15.9 Å². The number of rotatable bonds is 2. The van der Waals surface area contributed by atoms with E-state index in [1.54, 1.807) is 7.11 Å². The van der Waals surface area contributed by atoms with Gasteiger partial charge in [0, 0.05) is 17.2 Å². The van der Waals surface area contributed by atoms with Crippen molar-refractivity contribution in [1.82, 2.24) is 0 Å². The molecule has 0 atom stereocenters. The number of fused-ring (bicyclic) bond motifs is 1.